The average molecular weight is 596 g/mol. The van der Waals surface area contributed by atoms with E-state index in [4.69, 9.17) is 5.26 Å². The summed E-state index contributed by atoms with van der Waals surface area (Å²) < 4.78 is 24.7. The van der Waals surface area contributed by atoms with Gasteiger partial charge in [0.05, 0.1) is 22.5 Å². The fraction of sp³-hybridized carbons (Fsp3) is 0.467. The van der Waals surface area contributed by atoms with Crippen molar-refractivity contribution in [2.45, 2.75) is 50.5 Å². The largest absolute Gasteiger partial charge is 0.369 e. The average Bonchev–Trinajstić information content (AvgIpc) is 3.58. The highest BCUT2D eigenvalue weighted by Gasteiger charge is 2.45. The zero-order valence-corrected chi connectivity index (χ0v) is 24.8. The number of carbonyl (C=O) groups is 1. The third-order valence-corrected chi connectivity index (χ3v) is 10.7. The standard InChI is InChI=1S/C19H19N3O3S2.C11H16N2O.H2/c1-21-13-15(4-7-18(21)23)19-20-12-17(26-19)14-2-5-16(6-3-14)22-8-10-27(24,25)11-9-22;12-8-11(6-7-11)13-10(14)9-4-2-1-3-5-9;/h2-7,12-13H,8-11H2,1H3;9H,1-7H2,(H,13,14);1H. The van der Waals surface area contributed by atoms with Crippen molar-refractivity contribution in [1.82, 2.24) is 14.9 Å². The number of nitriles is 1. The van der Waals surface area contributed by atoms with Gasteiger partial charge in [0, 0.05) is 57.2 Å². The molecule has 2 saturated carbocycles. The second-order valence-electron chi connectivity index (χ2n) is 11.1. The molecule has 0 spiro atoms. The van der Waals surface area contributed by atoms with Crippen LogP contribution in [0.15, 0.2) is 53.6 Å². The molecule has 1 aliphatic heterocycles. The number of pyridine rings is 1. The quantitative estimate of drug-likeness (QED) is 0.464. The second kappa shape index (κ2) is 12.2. The summed E-state index contributed by atoms with van der Waals surface area (Å²) in [5.74, 6) is 0.720. The highest BCUT2D eigenvalue weighted by Crippen LogP contribution is 2.36. The number of sulfone groups is 1. The predicted octanol–water partition coefficient (Wildman–Crippen LogP) is 4.40. The highest BCUT2D eigenvalue weighted by atomic mass is 32.2. The van der Waals surface area contributed by atoms with Crippen LogP contribution in [0.25, 0.3) is 21.0 Å². The number of carbonyl (C=O) groups excluding carboxylic acids is 1. The zero-order valence-electron chi connectivity index (χ0n) is 23.2. The first-order chi connectivity index (χ1) is 19.7. The summed E-state index contributed by atoms with van der Waals surface area (Å²) in [6.07, 6.45) is 10.9. The number of hydrogen-bond donors (Lipinski definition) is 1. The van der Waals surface area contributed by atoms with E-state index in [-0.39, 0.29) is 30.3 Å². The van der Waals surface area contributed by atoms with E-state index in [1.165, 1.54) is 6.42 Å². The zero-order chi connectivity index (χ0) is 29.0. The Bertz CT molecular complexity index is 1590. The molecule has 1 aromatic carbocycles. The van der Waals surface area contributed by atoms with Gasteiger partial charge in [-0.1, -0.05) is 31.4 Å². The molecule has 1 saturated heterocycles. The molecule has 1 N–H and O–H groups in total. The van der Waals surface area contributed by atoms with Gasteiger partial charge in [0.15, 0.2) is 9.84 Å². The molecule has 2 aromatic heterocycles. The molecule has 0 atom stereocenters. The normalized spacial score (nSPS) is 19.4. The van der Waals surface area contributed by atoms with Gasteiger partial charge in [-0.2, -0.15) is 5.26 Å². The lowest BCUT2D eigenvalue weighted by molar-refractivity contribution is -0.126. The fourth-order valence-corrected chi connectivity index (χ4v) is 7.27. The number of anilines is 1. The van der Waals surface area contributed by atoms with E-state index >= 15 is 0 Å². The number of benzene rings is 1. The number of nitrogens with zero attached hydrogens (tertiary/aromatic N) is 4. The summed E-state index contributed by atoms with van der Waals surface area (Å²) in [5, 5.41) is 12.6. The lowest BCUT2D eigenvalue weighted by Gasteiger charge is -2.28. The van der Waals surface area contributed by atoms with E-state index in [9.17, 15) is 18.0 Å². The van der Waals surface area contributed by atoms with Crippen LogP contribution in [0.1, 0.15) is 46.4 Å². The maximum atomic E-state index is 11.8. The van der Waals surface area contributed by atoms with Crippen LogP contribution in [0.3, 0.4) is 0 Å². The summed E-state index contributed by atoms with van der Waals surface area (Å²) in [4.78, 5) is 30.9. The van der Waals surface area contributed by atoms with E-state index in [0.29, 0.717) is 13.1 Å². The molecule has 3 aromatic rings. The third-order valence-electron chi connectivity index (χ3n) is 8.00. The first-order valence-electron chi connectivity index (χ1n) is 14.1. The maximum Gasteiger partial charge on any atom is 0.250 e. The molecule has 11 heteroatoms. The predicted molar refractivity (Wildman–Crippen MR) is 164 cm³/mol. The lowest BCUT2D eigenvalue weighted by Crippen LogP contribution is -2.40. The third kappa shape index (κ3) is 7.24. The minimum atomic E-state index is -2.87. The van der Waals surface area contributed by atoms with Crippen LogP contribution in [0.4, 0.5) is 5.69 Å². The Hall–Kier alpha value is -3.49. The second-order valence-corrected chi connectivity index (χ2v) is 14.4. The van der Waals surface area contributed by atoms with Crippen molar-refractivity contribution in [3.05, 3.63) is 59.1 Å². The van der Waals surface area contributed by atoms with Crippen molar-refractivity contribution >= 4 is 32.8 Å². The Morgan fingerprint density at radius 2 is 1.73 bits per heavy atom. The molecular weight excluding hydrogens is 558 g/mol. The Balaban J connectivity index is 0.000000228. The summed E-state index contributed by atoms with van der Waals surface area (Å²) in [5.41, 5.74) is 2.50. The van der Waals surface area contributed by atoms with Gasteiger partial charge in [0.25, 0.3) is 0 Å². The molecule has 1 amide bonds. The molecule has 41 heavy (non-hydrogen) atoms. The van der Waals surface area contributed by atoms with Gasteiger partial charge < -0.3 is 14.8 Å². The smallest absolute Gasteiger partial charge is 0.250 e. The van der Waals surface area contributed by atoms with Crippen LogP contribution in [0, 0.1) is 17.2 Å². The van der Waals surface area contributed by atoms with Gasteiger partial charge in [-0.15, -0.1) is 11.3 Å². The first-order valence-corrected chi connectivity index (χ1v) is 16.7. The first kappa shape index (κ1) is 29.0. The summed E-state index contributed by atoms with van der Waals surface area (Å²) in [6.45, 7) is 1.08. The van der Waals surface area contributed by atoms with Crippen molar-refractivity contribution in [2.75, 3.05) is 29.5 Å². The van der Waals surface area contributed by atoms with E-state index in [0.717, 1.165) is 65.2 Å². The van der Waals surface area contributed by atoms with E-state index in [1.807, 2.05) is 30.5 Å². The van der Waals surface area contributed by atoms with Crippen LogP contribution < -0.4 is 15.8 Å². The summed E-state index contributed by atoms with van der Waals surface area (Å²) in [6, 6.07) is 13.7. The van der Waals surface area contributed by atoms with E-state index in [2.05, 4.69) is 21.3 Å². The number of hydrogen-bond acceptors (Lipinski definition) is 8. The van der Waals surface area contributed by atoms with Crippen LogP contribution in [0.5, 0.6) is 0 Å². The number of nitrogens with one attached hydrogen (secondary N) is 1. The lowest BCUT2D eigenvalue weighted by atomic mass is 9.88. The Labute approximate surface area is 246 Å². The molecule has 0 unspecified atom stereocenters. The molecule has 2 aliphatic carbocycles. The Morgan fingerprint density at radius 1 is 1.07 bits per heavy atom. The van der Waals surface area contributed by atoms with E-state index in [1.54, 1.807) is 41.3 Å². The molecule has 6 rings (SSSR count). The van der Waals surface area contributed by atoms with Crippen molar-refractivity contribution in [2.24, 2.45) is 13.0 Å². The van der Waals surface area contributed by atoms with Crippen LogP contribution in [-0.2, 0) is 21.7 Å². The number of aromatic nitrogens is 2. The van der Waals surface area contributed by atoms with Gasteiger partial charge in [-0.3, -0.25) is 9.59 Å². The SMILES string of the molecule is Cn1cc(-c2ncc(-c3ccc(N4CCS(=O)(=O)CC4)cc3)s2)ccc1=O.N#CC1(NC(=O)C2CCCCC2)CC1.[HH]. The molecule has 0 radical (unpaired) electrons. The van der Waals surface area contributed by atoms with Crippen LogP contribution in [-0.4, -0.2) is 54.0 Å². The molecule has 3 aliphatic rings. The van der Waals surface area contributed by atoms with Crippen LogP contribution in [0.2, 0.25) is 0 Å². The molecular formula is C30H37N5O4S2. The van der Waals surface area contributed by atoms with Gasteiger partial charge in [0.1, 0.15) is 10.5 Å². The summed E-state index contributed by atoms with van der Waals surface area (Å²) in [7, 11) is -1.15. The molecule has 218 valence electrons. The van der Waals surface area contributed by atoms with Crippen molar-refractivity contribution in [1.29, 1.82) is 5.26 Å². The van der Waals surface area contributed by atoms with Gasteiger partial charge in [-0.05, 0) is 49.4 Å². The monoisotopic (exact) mass is 595 g/mol. The number of amides is 1. The van der Waals surface area contributed by atoms with Crippen molar-refractivity contribution in [3.8, 4) is 27.1 Å². The maximum absolute atomic E-state index is 11.8. The van der Waals surface area contributed by atoms with Gasteiger partial charge >= 0.3 is 0 Å². The molecule has 9 nitrogen and oxygen atoms in total. The topological polar surface area (TPSA) is 125 Å². The summed E-state index contributed by atoms with van der Waals surface area (Å²) >= 11 is 1.58. The van der Waals surface area contributed by atoms with Crippen LogP contribution >= 0.6 is 11.3 Å². The van der Waals surface area contributed by atoms with Crippen molar-refractivity contribution in [3.63, 3.8) is 0 Å². The molecule has 3 heterocycles. The fourth-order valence-electron chi connectivity index (χ4n) is 5.16. The minimum Gasteiger partial charge on any atom is -0.369 e. The molecule has 0 bridgehead atoms. The van der Waals surface area contributed by atoms with Gasteiger partial charge in [-0.25, -0.2) is 13.4 Å². The van der Waals surface area contributed by atoms with E-state index < -0.39 is 15.4 Å². The Kier molecular flexibility index (Phi) is 8.61. The number of thiazole rings is 1. The number of rotatable bonds is 5. The van der Waals surface area contributed by atoms with Crippen molar-refractivity contribution < 1.29 is 14.6 Å². The Morgan fingerprint density at radius 3 is 2.34 bits per heavy atom. The van der Waals surface area contributed by atoms with Gasteiger partial charge in [0.2, 0.25) is 11.5 Å². The highest BCUT2D eigenvalue weighted by molar-refractivity contribution is 7.91. The minimum absolute atomic E-state index is 0. The number of aryl methyl sites for hydroxylation is 1. The molecule has 3 fully saturated rings.